The molecule has 0 spiro atoms. The lowest BCUT2D eigenvalue weighted by Crippen LogP contribution is -2.38. The van der Waals surface area contributed by atoms with Crippen LogP contribution in [0, 0.1) is 0 Å². The van der Waals surface area contributed by atoms with Crippen LogP contribution < -0.4 is 10.6 Å². The smallest absolute Gasteiger partial charge is 0.0735 e. The third kappa shape index (κ3) is 3.28. The van der Waals surface area contributed by atoms with E-state index < -0.39 is 0 Å². The molecular formula is C14H22BrN3O. The Morgan fingerprint density at radius 1 is 1.47 bits per heavy atom. The summed E-state index contributed by atoms with van der Waals surface area (Å²) < 4.78 is 1.04. The Balaban J connectivity index is 2.31. The van der Waals surface area contributed by atoms with Gasteiger partial charge in [0.25, 0.3) is 0 Å². The van der Waals surface area contributed by atoms with Crippen molar-refractivity contribution in [3.05, 3.63) is 28.2 Å². The highest BCUT2D eigenvalue weighted by Crippen LogP contribution is 2.32. The second-order valence-corrected chi connectivity index (χ2v) is 6.25. The van der Waals surface area contributed by atoms with E-state index in [2.05, 4.69) is 45.9 Å². The molecule has 1 aliphatic rings. The predicted octanol–water partition coefficient (Wildman–Crippen LogP) is 1.41. The number of benzene rings is 1. The number of anilines is 1. The third-order valence-corrected chi connectivity index (χ3v) is 4.32. The minimum Gasteiger partial charge on any atom is -0.391 e. The van der Waals surface area contributed by atoms with Crippen molar-refractivity contribution >= 4 is 21.6 Å². The fourth-order valence-corrected chi connectivity index (χ4v) is 3.32. The van der Waals surface area contributed by atoms with Crippen molar-refractivity contribution in [3.8, 4) is 0 Å². The van der Waals surface area contributed by atoms with E-state index in [4.69, 9.17) is 5.73 Å². The topological polar surface area (TPSA) is 52.7 Å². The molecule has 0 aliphatic carbocycles. The number of hydrogen-bond donors (Lipinski definition) is 2. The summed E-state index contributed by atoms with van der Waals surface area (Å²) in [7, 11) is 4.13. The summed E-state index contributed by atoms with van der Waals surface area (Å²) >= 11 is 3.56. The highest BCUT2D eigenvalue weighted by Gasteiger charge is 2.32. The molecule has 3 N–H and O–H groups in total. The number of nitrogens with zero attached hydrogens (tertiary/aromatic N) is 2. The number of β-amino-alcohol motifs (C(OH)–C–C–N with tert-alkyl or cyclic N) is 1. The van der Waals surface area contributed by atoms with Crippen LogP contribution in [0.3, 0.4) is 0 Å². The first-order chi connectivity index (χ1) is 9.02. The van der Waals surface area contributed by atoms with Crippen LogP contribution in [-0.4, -0.2) is 49.3 Å². The average Bonchev–Trinajstić information content (AvgIpc) is 2.68. The Labute approximate surface area is 123 Å². The minimum atomic E-state index is -0.255. The van der Waals surface area contributed by atoms with Crippen LogP contribution in [0.2, 0.25) is 0 Å². The van der Waals surface area contributed by atoms with Crippen LogP contribution >= 0.6 is 15.9 Å². The van der Waals surface area contributed by atoms with Gasteiger partial charge in [0.2, 0.25) is 0 Å². The number of aliphatic hydroxyl groups excluding tert-OH is 1. The number of nitrogens with two attached hydrogens (primary N) is 1. The van der Waals surface area contributed by atoms with Gasteiger partial charge in [0.1, 0.15) is 0 Å². The van der Waals surface area contributed by atoms with Gasteiger partial charge in [0.05, 0.1) is 6.10 Å². The van der Waals surface area contributed by atoms with Crippen LogP contribution in [-0.2, 0) is 6.54 Å². The highest BCUT2D eigenvalue weighted by molar-refractivity contribution is 9.10. The molecule has 0 amide bonds. The largest absolute Gasteiger partial charge is 0.391 e. The second-order valence-electron chi connectivity index (χ2n) is 5.40. The van der Waals surface area contributed by atoms with Gasteiger partial charge in [-0.15, -0.1) is 0 Å². The zero-order chi connectivity index (χ0) is 14.0. The summed E-state index contributed by atoms with van der Waals surface area (Å²) in [6, 6.07) is 6.47. The molecule has 1 aromatic carbocycles. The monoisotopic (exact) mass is 327 g/mol. The Hall–Kier alpha value is -0.620. The van der Waals surface area contributed by atoms with Crippen LogP contribution in [0.4, 0.5) is 5.69 Å². The number of halogens is 1. The van der Waals surface area contributed by atoms with E-state index in [1.54, 1.807) is 0 Å². The van der Waals surface area contributed by atoms with E-state index in [1.165, 1.54) is 0 Å². The van der Waals surface area contributed by atoms with Crippen molar-refractivity contribution in [3.63, 3.8) is 0 Å². The lowest BCUT2D eigenvalue weighted by atomic mass is 10.1. The zero-order valence-corrected chi connectivity index (χ0v) is 13.1. The van der Waals surface area contributed by atoms with Crippen molar-refractivity contribution in [1.29, 1.82) is 0 Å². The Morgan fingerprint density at radius 3 is 2.84 bits per heavy atom. The molecule has 1 heterocycles. The van der Waals surface area contributed by atoms with Gasteiger partial charge in [-0.2, -0.15) is 0 Å². The molecule has 2 unspecified atom stereocenters. The molecular weight excluding hydrogens is 306 g/mol. The summed E-state index contributed by atoms with van der Waals surface area (Å²) in [5, 5.41) is 9.97. The van der Waals surface area contributed by atoms with Crippen LogP contribution in [0.1, 0.15) is 12.0 Å². The lowest BCUT2D eigenvalue weighted by Gasteiger charge is -2.30. The molecule has 5 heteroatoms. The first kappa shape index (κ1) is 14.8. The summed E-state index contributed by atoms with van der Waals surface area (Å²) in [4.78, 5) is 4.45. The molecule has 1 aliphatic heterocycles. The Kier molecular flexibility index (Phi) is 4.84. The van der Waals surface area contributed by atoms with E-state index in [9.17, 15) is 5.11 Å². The van der Waals surface area contributed by atoms with Crippen molar-refractivity contribution in [1.82, 2.24) is 4.90 Å². The van der Waals surface area contributed by atoms with Gasteiger partial charge in [-0.3, -0.25) is 0 Å². The summed E-state index contributed by atoms with van der Waals surface area (Å²) in [5.41, 5.74) is 8.12. The first-order valence-corrected chi connectivity index (χ1v) is 7.39. The van der Waals surface area contributed by atoms with Crippen LogP contribution in [0.15, 0.2) is 22.7 Å². The van der Waals surface area contributed by atoms with Gasteiger partial charge in [-0.05, 0) is 32.6 Å². The highest BCUT2D eigenvalue weighted by atomic mass is 79.9. The fourth-order valence-electron chi connectivity index (χ4n) is 2.80. The normalized spacial score (nSPS) is 23.4. The molecule has 2 atom stereocenters. The molecule has 0 bridgehead atoms. The van der Waals surface area contributed by atoms with E-state index in [1.807, 2.05) is 12.1 Å². The number of hydrogen-bond acceptors (Lipinski definition) is 4. The molecule has 1 aromatic rings. The molecule has 4 nitrogen and oxygen atoms in total. The maximum absolute atomic E-state index is 9.97. The van der Waals surface area contributed by atoms with Gasteiger partial charge in [0.15, 0.2) is 0 Å². The maximum Gasteiger partial charge on any atom is 0.0735 e. The Bertz CT molecular complexity index is 439. The summed E-state index contributed by atoms with van der Waals surface area (Å²) in [6.45, 7) is 2.12. The van der Waals surface area contributed by atoms with E-state index in [-0.39, 0.29) is 6.10 Å². The van der Waals surface area contributed by atoms with Gasteiger partial charge in [-0.1, -0.05) is 22.0 Å². The second kappa shape index (κ2) is 6.22. The van der Waals surface area contributed by atoms with Crippen molar-refractivity contribution in [2.24, 2.45) is 5.73 Å². The van der Waals surface area contributed by atoms with Crippen molar-refractivity contribution in [2.45, 2.75) is 25.1 Å². The molecule has 2 rings (SSSR count). The fraction of sp³-hybridized carbons (Fsp3) is 0.571. The van der Waals surface area contributed by atoms with E-state index in [0.717, 1.165) is 28.7 Å². The Morgan fingerprint density at radius 2 is 2.21 bits per heavy atom. The van der Waals surface area contributed by atoms with Crippen molar-refractivity contribution in [2.75, 3.05) is 32.1 Å². The van der Waals surface area contributed by atoms with Gasteiger partial charge < -0.3 is 20.6 Å². The minimum absolute atomic E-state index is 0.255. The average molecular weight is 328 g/mol. The summed E-state index contributed by atoms with van der Waals surface area (Å²) in [5.74, 6) is 0. The van der Waals surface area contributed by atoms with Gasteiger partial charge in [-0.25, -0.2) is 0 Å². The predicted molar refractivity (Wildman–Crippen MR) is 82.3 cm³/mol. The first-order valence-electron chi connectivity index (χ1n) is 6.59. The van der Waals surface area contributed by atoms with E-state index in [0.29, 0.717) is 19.1 Å². The zero-order valence-electron chi connectivity index (χ0n) is 11.5. The SMILES string of the molecule is CN(C)CC1CC(O)CN1c1cccc(Br)c1CN. The molecule has 0 aromatic heterocycles. The van der Waals surface area contributed by atoms with Crippen LogP contribution in [0.25, 0.3) is 0 Å². The molecule has 1 fully saturated rings. The summed E-state index contributed by atoms with van der Waals surface area (Å²) in [6.07, 6.45) is 0.559. The quantitative estimate of drug-likeness (QED) is 0.878. The molecule has 0 radical (unpaired) electrons. The number of aliphatic hydroxyl groups is 1. The van der Waals surface area contributed by atoms with Gasteiger partial charge >= 0.3 is 0 Å². The molecule has 106 valence electrons. The molecule has 0 saturated carbocycles. The number of rotatable bonds is 4. The lowest BCUT2D eigenvalue weighted by molar-refractivity contribution is 0.191. The molecule has 19 heavy (non-hydrogen) atoms. The van der Waals surface area contributed by atoms with E-state index >= 15 is 0 Å². The van der Waals surface area contributed by atoms with Crippen molar-refractivity contribution < 1.29 is 5.11 Å². The van der Waals surface area contributed by atoms with Crippen LogP contribution in [0.5, 0.6) is 0 Å². The molecule has 1 saturated heterocycles. The third-order valence-electron chi connectivity index (χ3n) is 3.58. The number of likely N-dealkylation sites (N-methyl/N-ethyl adjacent to an activating group) is 1. The standard InChI is InChI=1S/C14H22BrN3O/c1-17(2)8-10-6-11(19)9-18(10)14-5-3-4-13(15)12(14)7-16/h3-5,10-11,19H,6-9,16H2,1-2H3. The maximum atomic E-state index is 9.97. The van der Waals surface area contributed by atoms with Gasteiger partial charge in [0, 0.05) is 41.4 Å².